The average Bonchev–Trinajstić information content (AvgIpc) is 3.34. The molecule has 72 heavy (non-hydrogen) atoms. The summed E-state index contributed by atoms with van der Waals surface area (Å²) in [7, 11) is 1.58. The van der Waals surface area contributed by atoms with Crippen molar-refractivity contribution in [2.75, 3.05) is 40.9 Å². The van der Waals surface area contributed by atoms with E-state index in [-0.39, 0.29) is 19.1 Å². The van der Waals surface area contributed by atoms with Crippen LogP contribution in [0.25, 0.3) is 0 Å². The minimum absolute atomic E-state index is 0.0610. The Balaban J connectivity index is 4.17. The highest BCUT2D eigenvalue weighted by atomic mass is 31.2. The average molecular weight is 1030 g/mol. The van der Waals surface area contributed by atoms with Crippen LogP contribution in [0.1, 0.15) is 296 Å². The lowest BCUT2D eigenvalue weighted by Crippen LogP contribution is -2.45. The second kappa shape index (κ2) is 54.3. The third-order valence-electron chi connectivity index (χ3n) is 14.0. The van der Waals surface area contributed by atoms with Crippen molar-refractivity contribution in [1.82, 2.24) is 5.32 Å². The van der Waals surface area contributed by atoms with E-state index in [0.717, 1.165) is 51.4 Å². The summed E-state index contributed by atoms with van der Waals surface area (Å²) in [4.78, 5) is 23.4. The first-order chi connectivity index (χ1) is 35.0. The minimum atomic E-state index is -4.35. The third-order valence-corrected chi connectivity index (χ3v) is 15.0. The van der Waals surface area contributed by atoms with Crippen molar-refractivity contribution in [1.29, 1.82) is 0 Å². The number of hydrogen-bond acceptors (Lipinski definition) is 5. The van der Waals surface area contributed by atoms with Crippen LogP contribution < -0.4 is 5.32 Å². The SMILES string of the molecule is CCCCCCC/C=C\C/C=C\C/C=C\CCCCCCCCCCCCCCC(=O)NC(COP(=O)(O)OCC[N+](C)(C)C)C(O)/C=C/CCCCCCCCCCCCCCCCCCCCCCC. The standard InChI is InChI=1S/C63H121N2O6P/c1-6-8-10-12-14-16-18-20-22-24-26-28-30-31-32-33-35-37-39-41-43-45-47-49-51-53-55-57-63(67)64-61(60-71-72(68,69)70-59-58-65(3,4)5)62(66)56-54-52-50-48-46-44-42-40-38-36-34-29-27-25-23-21-19-17-15-13-11-9-7-2/h18,20,24,26,30-31,54,56,61-62,66H,6-17,19,21-23,25,27-29,32-53,55,57-60H2,1-5H3,(H-,64,67,68,69)/p+1/b20-18-,26-24-,31-30-,56-54+. The molecule has 0 bridgehead atoms. The first-order valence-corrected chi connectivity index (χ1v) is 32.5. The van der Waals surface area contributed by atoms with Crippen molar-refractivity contribution in [3.05, 3.63) is 48.6 Å². The lowest BCUT2D eigenvalue weighted by atomic mass is 10.0. The smallest absolute Gasteiger partial charge is 0.387 e. The van der Waals surface area contributed by atoms with Gasteiger partial charge in [0.25, 0.3) is 0 Å². The van der Waals surface area contributed by atoms with Crippen LogP contribution in [0.3, 0.4) is 0 Å². The molecule has 0 heterocycles. The largest absolute Gasteiger partial charge is 0.472 e. The normalized spacial score (nSPS) is 14.2. The summed E-state index contributed by atoms with van der Waals surface area (Å²) in [6.45, 7) is 4.84. The number of aliphatic hydroxyl groups is 1. The number of quaternary nitrogens is 1. The lowest BCUT2D eigenvalue weighted by Gasteiger charge is -2.25. The van der Waals surface area contributed by atoms with Crippen molar-refractivity contribution in [2.45, 2.75) is 309 Å². The Hall–Kier alpha value is -1.54. The van der Waals surface area contributed by atoms with Crippen molar-refractivity contribution >= 4 is 13.7 Å². The summed E-state index contributed by atoms with van der Waals surface area (Å²) in [5.74, 6) is -0.176. The molecule has 0 saturated carbocycles. The topological polar surface area (TPSA) is 105 Å². The molecule has 0 aliphatic carbocycles. The maximum atomic E-state index is 13.0. The number of aliphatic hydroxyl groups excluding tert-OH is 1. The zero-order valence-corrected chi connectivity index (χ0v) is 49.3. The quantitative estimate of drug-likeness (QED) is 0.0243. The van der Waals surface area contributed by atoms with Gasteiger partial charge in [-0.05, 0) is 57.8 Å². The Morgan fingerprint density at radius 1 is 0.472 bits per heavy atom. The van der Waals surface area contributed by atoms with Crippen LogP contribution >= 0.6 is 7.82 Å². The van der Waals surface area contributed by atoms with Crippen molar-refractivity contribution in [3.63, 3.8) is 0 Å². The predicted molar refractivity (Wildman–Crippen MR) is 314 cm³/mol. The van der Waals surface area contributed by atoms with Gasteiger partial charge < -0.3 is 19.8 Å². The molecule has 0 rings (SSSR count). The van der Waals surface area contributed by atoms with E-state index in [1.807, 2.05) is 27.2 Å². The van der Waals surface area contributed by atoms with Gasteiger partial charge in [0.15, 0.2) is 0 Å². The van der Waals surface area contributed by atoms with Gasteiger partial charge in [-0.1, -0.05) is 281 Å². The number of rotatable bonds is 57. The van der Waals surface area contributed by atoms with Gasteiger partial charge in [-0.25, -0.2) is 4.57 Å². The molecule has 3 atom stereocenters. The highest BCUT2D eigenvalue weighted by molar-refractivity contribution is 7.47. The second-order valence-electron chi connectivity index (χ2n) is 22.4. The number of phosphoric acid groups is 1. The summed E-state index contributed by atoms with van der Waals surface area (Å²) in [6, 6.07) is -0.849. The molecule has 3 unspecified atom stereocenters. The maximum absolute atomic E-state index is 13.0. The summed E-state index contributed by atoms with van der Waals surface area (Å²) >= 11 is 0. The molecule has 0 aromatic rings. The fourth-order valence-corrected chi connectivity index (χ4v) is 9.91. The molecule has 1 amide bonds. The number of unbranched alkanes of at least 4 members (excludes halogenated alkanes) is 38. The molecule has 0 aliphatic heterocycles. The first-order valence-electron chi connectivity index (χ1n) is 31.0. The van der Waals surface area contributed by atoms with Gasteiger partial charge in [0.2, 0.25) is 5.91 Å². The van der Waals surface area contributed by atoms with E-state index in [1.165, 1.54) is 225 Å². The molecule has 0 radical (unpaired) electrons. The van der Waals surface area contributed by atoms with Crippen molar-refractivity contribution < 1.29 is 32.9 Å². The highest BCUT2D eigenvalue weighted by Gasteiger charge is 2.27. The number of carbonyl (C=O) groups is 1. The van der Waals surface area contributed by atoms with E-state index in [9.17, 15) is 19.4 Å². The zero-order chi connectivity index (χ0) is 52.7. The monoisotopic (exact) mass is 1030 g/mol. The van der Waals surface area contributed by atoms with Gasteiger partial charge in [-0.15, -0.1) is 0 Å². The summed E-state index contributed by atoms with van der Waals surface area (Å²) in [6.07, 6.45) is 72.2. The van der Waals surface area contributed by atoms with Crippen LogP contribution in [0.2, 0.25) is 0 Å². The Morgan fingerprint density at radius 2 is 0.792 bits per heavy atom. The maximum Gasteiger partial charge on any atom is 0.472 e. The van der Waals surface area contributed by atoms with Crippen molar-refractivity contribution in [3.8, 4) is 0 Å². The molecular formula is C63H122N2O6P+. The van der Waals surface area contributed by atoms with Gasteiger partial charge in [-0.2, -0.15) is 0 Å². The molecule has 0 fully saturated rings. The van der Waals surface area contributed by atoms with E-state index in [0.29, 0.717) is 17.4 Å². The lowest BCUT2D eigenvalue weighted by molar-refractivity contribution is -0.870. The second-order valence-corrected chi connectivity index (χ2v) is 23.9. The van der Waals surface area contributed by atoms with Gasteiger partial charge in [0, 0.05) is 6.42 Å². The predicted octanol–water partition coefficient (Wildman–Crippen LogP) is 19.1. The van der Waals surface area contributed by atoms with E-state index < -0.39 is 20.0 Å². The molecule has 3 N–H and O–H groups in total. The molecule has 424 valence electrons. The number of likely N-dealkylation sites (N-methyl/N-ethyl adjacent to an activating group) is 1. The number of nitrogens with one attached hydrogen (secondary N) is 1. The van der Waals surface area contributed by atoms with Gasteiger partial charge >= 0.3 is 7.82 Å². The molecule has 9 heteroatoms. The highest BCUT2D eigenvalue weighted by Crippen LogP contribution is 2.43. The number of phosphoric ester groups is 1. The fraction of sp³-hybridized carbons (Fsp3) is 0.857. The van der Waals surface area contributed by atoms with Crippen LogP contribution in [-0.2, 0) is 18.4 Å². The number of amides is 1. The van der Waals surface area contributed by atoms with Crippen LogP contribution in [0.5, 0.6) is 0 Å². The van der Waals surface area contributed by atoms with E-state index in [4.69, 9.17) is 9.05 Å². The number of carbonyl (C=O) groups excluding carboxylic acids is 1. The molecule has 8 nitrogen and oxygen atoms in total. The number of hydrogen-bond donors (Lipinski definition) is 3. The van der Waals surface area contributed by atoms with E-state index in [2.05, 4.69) is 55.6 Å². The Labute approximate surface area is 448 Å². The summed E-state index contributed by atoms with van der Waals surface area (Å²) < 4.78 is 23.8. The van der Waals surface area contributed by atoms with Gasteiger partial charge in [-0.3, -0.25) is 13.8 Å². The van der Waals surface area contributed by atoms with Crippen LogP contribution in [0.15, 0.2) is 48.6 Å². The number of nitrogens with zero attached hydrogens (tertiary/aromatic N) is 1. The Morgan fingerprint density at radius 3 is 1.15 bits per heavy atom. The fourth-order valence-electron chi connectivity index (χ4n) is 9.17. The molecular weight excluding hydrogens is 912 g/mol. The van der Waals surface area contributed by atoms with Gasteiger partial charge in [0.1, 0.15) is 13.2 Å². The van der Waals surface area contributed by atoms with Gasteiger partial charge in [0.05, 0.1) is 39.9 Å². The third kappa shape index (κ3) is 56.2. The Bertz CT molecular complexity index is 1310. The molecule has 0 aromatic heterocycles. The molecule has 0 aliphatic rings. The van der Waals surface area contributed by atoms with E-state index >= 15 is 0 Å². The minimum Gasteiger partial charge on any atom is -0.387 e. The van der Waals surface area contributed by atoms with Crippen LogP contribution in [-0.4, -0.2) is 73.4 Å². The van der Waals surface area contributed by atoms with Crippen molar-refractivity contribution in [2.24, 2.45) is 0 Å². The summed E-state index contributed by atoms with van der Waals surface area (Å²) in [5.41, 5.74) is 0. The summed E-state index contributed by atoms with van der Waals surface area (Å²) in [5, 5.41) is 14.0. The van der Waals surface area contributed by atoms with Crippen LogP contribution in [0.4, 0.5) is 0 Å². The molecule has 0 aromatic carbocycles. The Kier molecular flexibility index (Phi) is 53.1. The van der Waals surface area contributed by atoms with E-state index in [1.54, 1.807) is 6.08 Å². The first kappa shape index (κ1) is 70.5. The molecule has 0 saturated heterocycles. The zero-order valence-electron chi connectivity index (χ0n) is 48.4. The number of allylic oxidation sites excluding steroid dienone is 7. The van der Waals surface area contributed by atoms with Crippen LogP contribution in [0, 0.1) is 0 Å². The molecule has 0 spiro atoms.